The van der Waals surface area contributed by atoms with E-state index in [9.17, 15) is 0 Å². The van der Waals surface area contributed by atoms with Gasteiger partial charge in [-0.15, -0.1) is 12.4 Å². The van der Waals surface area contributed by atoms with Crippen molar-refractivity contribution in [3.63, 3.8) is 0 Å². The van der Waals surface area contributed by atoms with Gasteiger partial charge in [-0.3, -0.25) is 0 Å². The number of H-pyrrole nitrogens is 1. The number of nitrogens with two attached hydrogens (primary N) is 1. The summed E-state index contributed by atoms with van der Waals surface area (Å²) < 4.78 is 0. The Morgan fingerprint density at radius 3 is 2.56 bits per heavy atom. The van der Waals surface area contributed by atoms with Crippen LogP contribution in [0.3, 0.4) is 0 Å². The van der Waals surface area contributed by atoms with Crippen LogP contribution in [-0.4, -0.2) is 33.5 Å². The SMILES string of the molecule is Cc1nc(N2CCCCC2)c2[nH]c(-c3cccc(N)c3)cc2n1.Cl.O. The van der Waals surface area contributed by atoms with Crippen molar-refractivity contribution in [3.05, 3.63) is 36.2 Å². The van der Waals surface area contributed by atoms with Crippen LogP contribution in [0.1, 0.15) is 25.1 Å². The van der Waals surface area contributed by atoms with Gasteiger partial charge in [0.2, 0.25) is 0 Å². The topological polar surface area (TPSA) is 102 Å². The lowest BCUT2D eigenvalue weighted by Gasteiger charge is -2.28. The number of aryl methyl sites for hydroxylation is 1. The largest absolute Gasteiger partial charge is 0.412 e. The Kier molecular flexibility index (Phi) is 5.87. The molecule has 25 heavy (non-hydrogen) atoms. The predicted octanol–water partition coefficient (Wildman–Crippen LogP) is 3.10. The Hall–Kier alpha value is -2.31. The van der Waals surface area contributed by atoms with Gasteiger partial charge in [0.15, 0.2) is 5.82 Å². The van der Waals surface area contributed by atoms with E-state index in [-0.39, 0.29) is 17.9 Å². The fraction of sp³-hybridized carbons (Fsp3) is 0.333. The van der Waals surface area contributed by atoms with E-state index in [1.807, 2.05) is 25.1 Å². The summed E-state index contributed by atoms with van der Waals surface area (Å²) >= 11 is 0. The van der Waals surface area contributed by atoms with Gasteiger partial charge in [-0.1, -0.05) is 12.1 Å². The molecule has 1 saturated heterocycles. The summed E-state index contributed by atoms with van der Waals surface area (Å²) in [5, 5.41) is 0. The molecule has 4 rings (SSSR count). The number of nitrogen functional groups attached to an aromatic ring is 1. The van der Waals surface area contributed by atoms with Crippen molar-refractivity contribution in [3.8, 4) is 11.3 Å². The van der Waals surface area contributed by atoms with Gasteiger partial charge < -0.3 is 21.1 Å². The first-order chi connectivity index (χ1) is 11.2. The van der Waals surface area contributed by atoms with Crippen LogP contribution in [0.5, 0.6) is 0 Å². The molecule has 0 aliphatic carbocycles. The van der Waals surface area contributed by atoms with Crippen molar-refractivity contribution in [1.29, 1.82) is 0 Å². The molecular weight excluding hydrogens is 338 g/mol. The summed E-state index contributed by atoms with van der Waals surface area (Å²) in [6, 6.07) is 9.99. The van der Waals surface area contributed by atoms with Gasteiger partial charge in [0, 0.05) is 30.0 Å². The quantitative estimate of drug-likeness (QED) is 0.684. The lowest BCUT2D eigenvalue weighted by atomic mass is 10.1. The van der Waals surface area contributed by atoms with Crippen LogP contribution in [0.15, 0.2) is 30.3 Å². The van der Waals surface area contributed by atoms with Gasteiger partial charge in [0.25, 0.3) is 0 Å². The van der Waals surface area contributed by atoms with Gasteiger partial charge in [0.05, 0.1) is 5.52 Å². The molecule has 6 nitrogen and oxygen atoms in total. The smallest absolute Gasteiger partial charge is 0.156 e. The van der Waals surface area contributed by atoms with Crippen LogP contribution in [0, 0.1) is 6.92 Å². The Labute approximate surface area is 153 Å². The zero-order valence-electron chi connectivity index (χ0n) is 14.2. The molecule has 0 atom stereocenters. The van der Waals surface area contributed by atoms with Gasteiger partial charge in [-0.25, -0.2) is 9.97 Å². The minimum atomic E-state index is 0. The van der Waals surface area contributed by atoms with E-state index in [4.69, 9.17) is 10.7 Å². The van der Waals surface area contributed by atoms with Crippen LogP contribution < -0.4 is 10.6 Å². The molecule has 0 bridgehead atoms. The molecule has 0 amide bonds. The molecule has 7 heteroatoms. The van der Waals surface area contributed by atoms with Crippen LogP contribution in [0.2, 0.25) is 0 Å². The molecule has 1 aliphatic heterocycles. The maximum atomic E-state index is 5.91. The highest BCUT2D eigenvalue weighted by Gasteiger charge is 2.18. The minimum absolute atomic E-state index is 0. The standard InChI is InChI=1S/C18H21N5.ClH.H2O/c1-12-20-16-11-15(13-6-5-7-14(19)10-13)22-17(16)18(21-12)23-8-3-2-4-9-23;;/h5-7,10-11,22H,2-4,8-9,19H2,1H3;1H;1H2. The van der Waals surface area contributed by atoms with Crippen molar-refractivity contribution < 1.29 is 5.48 Å². The molecule has 2 aromatic heterocycles. The number of hydrogen-bond acceptors (Lipinski definition) is 4. The van der Waals surface area contributed by atoms with Crippen LogP contribution in [0.4, 0.5) is 11.5 Å². The van der Waals surface area contributed by atoms with Crippen molar-refractivity contribution in [1.82, 2.24) is 15.0 Å². The van der Waals surface area contributed by atoms with E-state index in [0.717, 1.165) is 52.7 Å². The number of nitrogens with zero attached hydrogens (tertiary/aromatic N) is 3. The molecule has 0 radical (unpaired) electrons. The summed E-state index contributed by atoms with van der Waals surface area (Å²) in [5.41, 5.74) is 10.8. The number of aromatic nitrogens is 3. The Morgan fingerprint density at radius 1 is 1.08 bits per heavy atom. The summed E-state index contributed by atoms with van der Waals surface area (Å²) in [7, 11) is 0. The molecular formula is C18H24ClN5O. The van der Waals surface area contributed by atoms with E-state index in [1.54, 1.807) is 0 Å². The number of piperidine rings is 1. The third kappa shape index (κ3) is 3.70. The van der Waals surface area contributed by atoms with Gasteiger partial charge in [0.1, 0.15) is 11.3 Å². The van der Waals surface area contributed by atoms with Crippen molar-refractivity contribution in [2.45, 2.75) is 26.2 Å². The number of anilines is 2. The predicted molar refractivity (Wildman–Crippen MR) is 105 cm³/mol. The molecule has 1 aliphatic rings. The monoisotopic (exact) mass is 361 g/mol. The summed E-state index contributed by atoms with van der Waals surface area (Å²) in [5.74, 6) is 1.85. The fourth-order valence-electron chi connectivity index (χ4n) is 3.31. The number of rotatable bonds is 2. The second-order valence-electron chi connectivity index (χ2n) is 6.21. The number of fused-ring (bicyclic) bond motifs is 1. The van der Waals surface area contributed by atoms with E-state index in [2.05, 4.69) is 27.0 Å². The molecule has 0 unspecified atom stereocenters. The maximum absolute atomic E-state index is 5.91. The first-order valence-corrected chi connectivity index (χ1v) is 8.19. The molecule has 0 saturated carbocycles. The highest BCUT2D eigenvalue weighted by molar-refractivity contribution is 5.91. The zero-order chi connectivity index (χ0) is 15.8. The Bertz CT molecular complexity index is 858. The first kappa shape index (κ1) is 19.0. The van der Waals surface area contributed by atoms with Crippen molar-refractivity contribution >= 4 is 34.9 Å². The Morgan fingerprint density at radius 2 is 1.84 bits per heavy atom. The summed E-state index contributed by atoms with van der Waals surface area (Å²) in [6.45, 7) is 4.09. The molecule has 0 spiro atoms. The number of halogens is 1. The number of hydrogen-bond donors (Lipinski definition) is 2. The average Bonchev–Trinajstić information content (AvgIpc) is 2.99. The van der Waals surface area contributed by atoms with Crippen LogP contribution in [-0.2, 0) is 0 Å². The van der Waals surface area contributed by atoms with E-state index in [1.165, 1.54) is 19.3 Å². The zero-order valence-corrected chi connectivity index (χ0v) is 15.1. The number of aromatic amines is 1. The van der Waals surface area contributed by atoms with Crippen LogP contribution >= 0.6 is 12.4 Å². The van der Waals surface area contributed by atoms with Gasteiger partial charge >= 0.3 is 0 Å². The first-order valence-electron chi connectivity index (χ1n) is 8.19. The highest BCUT2D eigenvalue weighted by atomic mass is 35.5. The molecule has 1 aromatic carbocycles. The van der Waals surface area contributed by atoms with E-state index >= 15 is 0 Å². The molecule has 134 valence electrons. The average molecular weight is 362 g/mol. The molecule has 3 heterocycles. The second-order valence-corrected chi connectivity index (χ2v) is 6.21. The minimum Gasteiger partial charge on any atom is -0.412 e. The van der Waals surface area contributed by atoms with Gasteiger partial charge in [-0.2, -0.15) is 0 Å². The van der Waals surface area contributed by atoms with Crippen molar-refractivity contribution in [2.75, 3.05) is 23.7 Å². The maximum Gasteiger partial charge on any atom is 0.156 e. The molecule has 5 N–H and O–H groups in total. The number of benzene rings is 1. The molecule has 1 fully saturated rings. The Balaban J connectivity index is 0.00000113. The normalized spacial score (nSPS) is 14.0. The summed E-state index contributed by atoms with van der Waals surface area (Å²) in [4.78, 5) is 15.2. The lowest BCUT2D eigenvalue weighted by molar-refractivity contribution is 0.574. The molecule has 3 aromatic rings. The third-order valence-electron chi connectivity index (χ3n) is 4.42. The number of nitrogens with one attached hydrogen (secondary N) is 1. The van der Waals surface area contributed by atoms with E-state index in [0.29, 0.717) is 0 Å². The highest BCUT2D eigenvalue weighted by Crippen LogP contribution is 2.30. The fourth-order valence-corrected chi connectivity index (χ4v) is 3.31. The van der Waals surface area contributed by atoms with E-state index < -0.39 is 0 Å². The second kappa shape index (κ2) is 7.72. The van der Waals surface area contributed by atoms with Gasteiger partial charge in [-0.05, 0) is 44.4 Å². The lowest BCUT2D eigenvalue weighted by Crippen LogP contribution is -2.30. The summed E-state index contributed by atoms with van der Waals surface area (Å²) in [6.07, 6.45) is 3.77. The van der Waals surface area contributed by atoms with Crippen LogP contribution in [0.25, 0.3) is 22.3 Å². The third-order valence-corrected chi connectivity index (χ3v) is 4.42. The van der Waals surface area contributed by atoms with Crippen molar-refractivity contribution in [2.24, 2.45) is 0 Å².